The van der Waals surface area contributed by atoms with E-state index in [0.29, 0.717) is 11.6 Å². The normalized spacial score (nSPS) is 23.4. The molecule has 2 atom stereocenters. The minimum atomic E-state index is -0.746. The van der Waals surface area contributed by atoms with E-state index in [9.17, 15) is 9.90 Å². The van der Waals surface area contributed by atoms with E-state index in [1.54, 1.807) is 0 Å². The molecule has 2 unspecified atom stereocenters. The van der Waals surface area contributed by atoms with E-state index in [4.69, 9.17) is 11.6 Å². The number of halogens is 1. The monoisotopic (exact) mass is 299 g/mol. The molecule has 2 rings (SSSR count). The summed E-state index contributed by atoms with van der Waals surface area (Å²) in [5.41, 5.74) is 1.83. The number of aliphatic carboxylic acids is 1. The number of hydrogen-bond donors (Lipinski definition) is 1. The van der Waals surface area contributed by atoms with E-state index < -0.39 is 12.0 Å². The minimum Gasteiger partial charge on any atom is -0.480 e. The van der Waals surface area contributed by atoms with Crippen LogP contribution in [0.5, 0.6) is 0 Å². The van der Waals surface area contributed by atoms with Gasteiger partial charge in [0.05, 0.1) is 16.4 Å². The van der Waals surface area contributed by atoms with Crippen LogP contribution in [0.15, 0.2) is 0 Å². The Kier molecular flexibility index (Phi) is 4.70. The van der Waals surface area contributed by atoms with Gasteiger partial charge >= 0.3 is 5.97 Å². The first-order valence-corrected chi connectivity index (χ1v) is 7.58. The SMILES string of the molecule is CCc1nn(CC)c(CN2CCC(C)C2C(=O)O)c1Cl. The van der Waals surface area contributed by atoms with Crippen LogP contribution < -0.4 is 0 Å². The predicted octanol–water partition coefficient (Wildman–Crippen LogP) is 2.41. The molecule has 20 heavy (non-hydrogen) atoms. The molecule has 0 amide bonds. The predicted molar refractivity (Wildman–Crippen MR) is 77.9 cm³/mol. The zero-order chi connectivity index (χ0) is 14.9. The smallest absolute Gasteiger partial charge is 0.321 e. The molecular weight excluding hydrogens is 278 g/mol. The third kappa shape index (κ3) is 2.69. The molecule has 1 fully saturated rings. The summed E-state index contributed by atoms with van der Waals surface area (Å²) in [4.78, 5) is 13.4. The highest BCUT2D eigenvalue weighted by atomic mass is 35.5. The second-order valence-corrected chi connectivity index (χ2v) is 5.77. The molecule has 0 spiro atoms. The maximum Gasteiger partial charge on any atom is 0.321 e. The van der Waals surface area contributed by atoms with E-state index in [0.717, 1.165) is 37.3 Å². The molecule has 6 heteroatoms. The standard InChI is InChI=1S/C14H22ClN3O2/c1-4-10-12(15)11(18(5-2)16-10)8-17-7-6-9(3)13(17)14(19)20/h9,13H,4-8H2,1-3H3,(H,19,20). The molecule has 0 bridgehead atoms. The lowest BCUT2D eigenvalue weighted by atomic mass is 10.0. The Morgan fingerprint density at radius 3 is 2.75 bits per heavy atom. The average molecular weight is 300 g/mol. The Bertz CT molecular complexity index is 501. The van der Waals surface area contributed by atoms with Crippen molar-refractivity contribution < 1.29 is 9.90 Å². The highest BCUT2D eigenvalue weighted by Crippen LogP contribution is 2.29. The van der Waals surface area contributed by atoms with Crippen molar-refractivity contribution in [3.8, 4) is 0 Å². The summed E-state index contributed by atoms with van der Waals surface area (Å²) in [5.74, 6) is -0.570. The van der Waals surface area contributed by atoms with Crippen molar-refractivity contribution in [2.75, 3.05) is 6.54 Å². The molecular formula is C14H22ClN3O2. The number of rotatable bonds is 5. The van der Waals surface area contributed by atoms with Crippen LogP contribution in [0.3, 0.4) is 0 Å². The molecule has 0 aliphatic carbocycles. The molecule has 0 saturated carbocycles. The summed E-state index contributed by atoms with van der Waals surface area (Å²) in [6, 6.07) is -0.420. The minimum absolute atomic E-state index is 0.176. The third-order valence-corrected chi connectivity index (χ3v) is 4.54. The Hall–Kier alpha value is -1.07. The number of hydrogen-bond acceptors (Lipinski definition) is 3. The van der Waals surface area contributed by atoms with Crippen molar-refractivity contribution in [3.63, 3.8) is 0 Å². The number of aromatic nitrogens is 2. The molecule has 0 aromatic carbocycles. The Morgan fingerprint density at radius 2 is 2.20 bits per heavy atom. The van der Waals surface area contributed by atoms with Crippen LogP contribution in [-0.2, 0) is 24.3 Å². The topological polar surface area (TPSA) is 58.4 Å². The van der Waals surface area contributed by atoms with Crippen LogP contribution in [0, 0.1) is 5.92 Å². The maximum atomic E-state index is 11.4. The van der Waals surface area contributed by atoms with Crippen molar-refractivity contribution in [1.29, 1.82) is 0 Å². The van der Waals surface area contributed by atoms with Gasteiger partial charge in [0.15, 0.2) is 0 Å². The Labute approximate surface area is 124 Å². The van der Waals surface area contributed by atoms with Gasteiger partial charge < -0.3 is 5.11 Å². The third-order valence-electron chi connectivity index (χ3n) is 4.10. The van der Waals surface area contributed by atoms with Crippen LogP contribution in [-0.4, -0.2) is 38.3 Å². The summed E-state index contributed by atoms with van der Waals surface area (Å²) in [7, 11) is 0. The van der Waals surface area contributed by atoms with Crippen LogP contribution >= 0.6 is 11.6 Å². The van der Waals surface area contributed by atoms with Gasteiger partial charge in [-0.05, 0) is 32.2 Å². The number of likely N-dealkylation sites (tertiary alicyclic amines) is 1. The first-order valence-electron chi connectivity index (χ1n) is 7.20. The molecule has 1 aliphatic heterocycles. The molecule has 112 valence electrons. The van der Waals surface area contributed by atoms with Crippen molar-refractivity contribution in [2.24, 2.45) is 5.92 Å². The first kappa shape index (κ1) is 15.3. The Morgan fingerprint density at radius 1 is 1.50 bits per heavy atom. The van der Waals surface area contributed by atoms with Crippen LogP contribution in [0.25, 0.3) is 0 Å². The summed E-state index contributed by atoms with van der Waals surface area (Å²) >= 11 is 6.39. The van der Waals surface area contributed by atoms with Gasteiger partial charge in [-0.25, -0.2) is 0 Å². The fourth-order valence-electron chi connectivity index (χ4n) is 2.96. The lowest BCUT2D eigenvalue weighted by Gasteiger charge is -2.23. The molecule has 1 aliphatic rings. The number of carboxylic acids is 1. The number of carbonyl (C=O) groups is 1. The fourth-order valence-corrected chi connectivity index (χ4v) is 3.29. The summed E-state index contributed by atoms with van der Waals surface area (Å²) in [5, 5.41) is 14.6. The number of aryl methyl sites for hydroxylation is 2. The van der Waals surface area contributed by atoms with Gasteiger partial charge in [0.25, 0.3) is 0 Å². The van der Waals surface area contributed by atoms with Crippen molar-refractivity contribution >= 4 is 17.6 Å². The summed E-state index contributed by atoms with van der Waals surface area (Å²) in [6.07, 6.45) is 1.70. The van der Waals surface area contributed by atoms with E-state index in [2.05, 4.69) is 5.10 Å². The van der Waals surface area contributed by atoms with E-state index in [1.165, 1.54) is 0 Å². The average Bonchev–Trinajstić information content (AvgIpc) is 2.92. The van der Waals surface area contributed by atoms with Gasteiger partial charge in [-0.15, -0.1) is 0 Å². The highest BCUT2D eigenvalue weighted by molar-refractivity contribution is 6.31. The summed E-state index contributed by atoms with van der Waals surface area (Å²) < 4.78 is 1.89. The molecule has 1 saturated heterocycles. The first-order chi connectivity index (χ1) is 9.49. The van der Waals surface area contributed by atoms with E-state index in [-0.39, 0.29) is 5.92 Å². The van der Waals surface area contributed by atoms with Gasteiger partial charge in [-0.3, -0.25) is 14.4 Å². The lowest BCUT2D eigenvalue weighted by molar-refractivity contribution is -0.143. The molecule has 1 N–H and O–H groups in total. The quantitative estimate of drug-likeness (QED) is 0.907. The zero-order valence-electron chi connectivity index (χ0n) is 12.3. The van der Waals surface area contributed by atoms with Crippen molar-refractivity contribution in [3.05, 3.63) is 16.4 Å². The fraction of sp³-hybridized carbons (Fsp3) is 0.714. The number of carboxylic acid groups (broad SMARTS) is 1. The van der Waals surface area contributed by atoms with Gasteiger partial charge in [0.1, 0.15) is 6.04 Å². The molecule has 1 aromatic rings. The maximum absolute atomic E-state index is 11.4. The zero-order valence-corrected chi connectivity index (χ0v) is 13.0. The molecule has 0 radical (unpaired) electrons. The van der Waals surface area contributed by atoms with Crippen LogP contribution in [0.4, 0.5) is 0 Å². The van der Waals surface area contributed by atoms with Crippen molar-refractivity contribution in [2.45, 2.75) is 52.7 Å². The Balaban J connectivity index is 2.25. The lowest BCUT2D eigenvalue weighted by Crippen LogP contribution is -2.39. The van der Waals surface area contributed by atoms with Crippen LogP contribution in [0.1, 0.15) is 38.6 Å². The van der Waals surface area contributed by atoms with Gasteiger partial charge in [0.2, 0.25) is 0 Å². The molecule has 5 nitrogen and oxygen atoms in total. The van der Waals surface area contributed by atoms with Crippen molar-refractivity contribution in [1.82, 2.24) is 14.7 Å². The second kappa shape index (κ2) is 6.14. The van der Waals surface area contributed by atoms with Crippen LogP contribution in [0.2, 0.25) is 5.02 Å². The molecule has 2 heterocycles. The van der Waals surface area contributed by atoms with E-state index >= 15 is 0 Å². The second-order valence-electron chi connectivity index (χ2n) is 5.40. The van der Waals surface area contributed by atoms with Gasteiger partial charge in [-0.2, -0.15) is 5.10 Å². The largest absolute Gasteiger partial charge is 0.480 e. The molecule has 1 aromatic heterocycles. The van der Waals surface area contributed by atoms with Gasteiger partial charge in [0, 0.05) is 13.1 Å². The highest BCUT2D eigenvalue weighted by Gasteiger charge is 2.37. The summed E-state index contributed by atoms with van der Waals surface area (Å²) in [6.45, 7) is 8.14. The number of nitrogens with zero attached hydrogens (tertiary/aromatic N) is 3. The van der Waals surface area contributed by atoms with E-state index in [1.807, 2.05) is 30.4 Å². The van der Waals surface area contributed by atoms with Gasteiger partial charge in [-0.1, -0.05) is 25.4 Å².